The Morgan fingerprint density at radius 1 is 0.793 bits per heavy atom. The lowest BCUT2D eigenvalue weighted by Crippen LogP contribution is -2.38. The molecule has 0 heterocycles. The number of hydrogen-bond donors (Lipinski definition) is 3. The molecule has 0 saturated heterocycles. The van der Waals surface area contributed by atoms with Crippen molar-refractivity contribution in [3.05, 3.63) is 91.4 Å². The van der Waals surface area contributed by atoms with Crippen LogP contribution in [0.15, 0.2) is 54.6 Å². The van der Waals surface area contributed by atoms with E-state index >= 15 is 0 Å². The van der Waals surface area contributed by atoms with Crippen LogP contribution in [-0.2, 0) is 14.9 Å². The molecule has 0 spiro atoms. The van der Waals surface area contributed by atoms with Crippen LogP contribution in [-0.4, -0.2) is 23.2 Å². The fraction of sp³-hybridized carbons (Fsp3) is 0.0526. The highest BCUT2D eigenvalue weighted by Crippen LogP contribution is 2.52. The van der Waals surface area contributed by atoms with Gasteiger partial charge >= 0.3 is 0 Å². The Kier molecular flexibility index (Phi) is 5.98. The van der Waals surface area contributed by atoms with Crippen LogP contribution in [0.1, 0.15) is 16.7 Å². The van der Waals surface area contributed by atoms with E-state index in [0.717, 1.165) is 12.1 Å². The van der Waals surface area contributed by atoms with Gasteiger partial charge in [-0.1, -0.05) is 70.7 Å². The Morgan fingerprint density at radius 2 is 1.41 bits per heavy atom. The van der Waals surface area contributed by atoms with Gasteiger partial charge in [-0.25, -0.2) is 0 Å². The van der Waals surface area contributed by atoms with Crippen molar-refractivity contribution in [3.8, 4) is 11.5 Å². The molecule has 3 rings (SSSR count). The number of phenols is 2. The molecular formula is C19H12Cl4O5S. The molecule has 0 saturated carbocycles. The van der Waals surface area contributed by atoms with Gasteiger partial charge < -0.3 is 10.2 Å². The molecule has 29 heavy (non-hydrogen) atoms. The van der Waals surface area contributed by atoms with Crippen LogP contribution in [0.2, 0.25) is 20.1 Å². The molecule has 152 valence electrons. The van der Waals surface area contributed by atoms with Gasteiger partial charge in [0.05, 0.1) is 10.0 Å². The van der Waals surface area contributed by atoms with E-state index in [-0.39, 0.29) is 26.2 Å². The summed E-state index contributed by atoms with van der Waals surface area (Å²) in [4.78, 5) is 0. The number of hydrogen-bond acceptors (Lipinski definition) is 4. The van der Waals surface area contributed by atoms with Crippen LogP contribution < -0.4 is 0 Å². The average Bonchev–Trinajstić information content (AvgIpc) is 2.63. The summed E-state index contributed by atoms with van der Waals surface area (Å²) in [7, 11) is -5.11. The van der Waals surface area contributed by atoms with E-state index < -0.39 is 31.9 Å². The molecule has 1 unspecified atom stereocenters. The summed E-state index contributed by atoms with van der Waals surface area (Å²) in [6.07, 6.45) is 0. The van der Waals surface area contributed by atoms with Gasteiger partial charge in [0.25, 0.3) is 10.1 Å². The molecule has 0 amide bonds. The minimum atomic E-state index is -5.11. The van der Waals surface area contributed by atoms with Crippen LogP contribution in [0, 0.1) is 0 Å². The molecule has 1 atom stereocenters. The maximum atomic E-state index is 13.0. The van der Waals surface area contributed by atoms with Gasteiger partial charge in [0, 0.05) is 27.2 Å². The molecule has 0 aromatic heterocycles. The monoisotopic (exact) mass is 492 g/mol. The van der Waals surface area contributed by atoms with Crippen LogP contribution in [0.25, 0.3) is 0 Å². The van der Waals surface area contributed by atoms with Crippen LogP contribution in [0.5, 0.6) is 11.5 Å². The second-order valence-corrected chi connectivity index (χ2v) is 9.31. The van der Waals surface area contributed by atoms with Crippen LogP contribution >= 0.6 is 46.4 Å². The minimum absolute atomic E-state index is 0.0110. The van der Waals surface area contributed by atoms with E-state index in [2.05, 4.69) is 0 Å². The van der Waals surface area contributed by atoms with Crippen molar-refractivity contribution in [1.29, 1.82) is 0 Å². The standard InChI is InChI=1S/C19H12Cl4O5S/c20-11-6-4-10(5-7-11)19(29(26,27)28,13-2-1-3-15(22)17(13)23)14-8-12(21)9-16(24)18(14)25/h1-9,24-25H,(H,26,27,28). The van der Waals surface area contributed by atoms with Crippen molar-refractivity contribution in [1.82, 2.24) is 0 Å². The Bertz CT molecular complexity index is 1200. The Balaban J connectivity index is 2.63. The first-order valence-corrected chi connectivity index (χ1v) is 10.8. The fourth-order valence-corrected chi connectivity index (χ4v) is 5.35. The molecular weight excluding hydrogens is 482 g/mol. The lowest BCUT2D eigenvalue weighted by Gasteiger charge is -2.34. The molecule has 0 aliphatic rings. The van der Waals surface area contributed by atoms with E-state index in [0.29, 0.717) is 5.02 Å². The quantitative estimate of drug-likeness (QED) is 0.239. The Hall–Kier alpha value is -1.67. The summed E-state index contributed by atoms with van der Waals surface area (Å²) in [6, 6.07) is 11.8. The summed E-state index contributed by atoms with van der Waals surface area (Å²) in [5, 5.41) is 20.7. The highest BCUT2D eigenvalue weighted by Gasteiger charge is 2.52. The largest absolute Gasteiger partial charge is 0.504 e. The third-order valence-electron chi connectivity index (χ3n) is 4.40. The molecule has 3 aromatic carbocycles. The zero-order valence-corrected chi connectivity index (χ0v) is 18.1. The summed E-state index contributed by atoms with van der Waals surface area (Å²) >= 11 is 24.4. The SMILES string of the molecule is O=S(=O)(O)C(c1ccc(Cl)cc1)(c1cc(Cl)cc(O)c1O)c1cccc(Cl)c1Cl. The van der Waals surface area contributed by atoms with E-state index in [4.69, 9.17) is 46.4 Å². The van der Waals surface area contributed by atoms with Gasteiger partial charge in [-0.3, -0.25) is 4.55 Å². The van der Waals surface area contributed by atoms with Crippen LogP contribution in [0.4, 0.5) is 0 Å². The molecule has 3 N–H and O–H groups in total. The highest BCUT2D eigenvalue weighted by atomic mass is 35.5. The van der Waals surface area contributed by atoms with Crippen molar-refractivity contribution in [2.45, 2.75) is 4.75 Å². The summed E-state index contributed by atoms with van der Waals surface area (Å²) in [6.45, 7) is 0. The number of phenolic OH excluding ortho intramolecular Hbond substituents is 2. The zero-order valence-electron chi connectivity index (χ0n) is 14.3. The first kappa shape index (κ1) is 22.0. The molecule has 0 radical (unpaired) electrons. The summed E-state index contributed by atoms with van der Waals surface area (Å²) in [5.74, 6) is -1.49. The number of rotatable bonds is 4. The summed E-state index contributed by atoms with van der Waals surface area (Å²) < 4.78 is 33.9. The van der Waals surface area contributed by atoms with Crippen LogP contribution in [0.3, 0.4) is 0 Å². The van der Waals surface area contributed by atoms with E-state index in [1.807, 2.05) is 0 Å². The van der Waals surface area contributed by atoms with Crippen molar-refractivity contribution < 1.29 is 23.2 Å². The molecule has 0 aliphatic heterocycles. The van der Waals surface area contributed by atoms with Crippen molar-refractivity contribution in [2.24, 2.45) is 0 Å². The normalized spacial score (nSPS) is 13.8. The highest BCUT2D eigenvalue weighted by molar-refractivity contribution is 7.87. The molecule has 0 fully saturated rings. The first-order chi connectivity index (χ1) is 13.5. The van der Waals surface area contributed by atoms with Gasteiger partial charge in [0.1, 0.15) is 0 Å². The van der Waals surface area contributed by atoms with E-state index in [9.17, 15) is 23.2 Å². The number of benzene rings is 3. The minimum Gasteiger partial charge on any atom is -0.504 e. The Morgan fingerprint density at radius 3 is 2.00 bits per heavy atom. The lowest BCUT2D eigenvalue weighted by molar-refractivity contribution is 0.394. The molecule has 5 nitrogen and oxygen atoms in total. The Labute approximate surface area is 186 Å². The number of halogens is 4. The number of aromatic hydroxyl groups is 2. The topological polar surface area (TPSA) is 94.8 Å². The lowest BCUT2D eigenvalue weighted by atomic mass is 9.83. The molecule has 10 heteroatoms. The second-order valence-electron chi connectivity index (χ2n) is 6.09. The average molecular weight is 494 g/mol. The van der Waals surface area contributed by atoms with Gasteiger partial charge in [-0.15, -0.1) is 0 Å². The summed E-state index contributed by atoms with van der Waals surface area (Å²) in [5.41, 5.74) is -0.601. The van der Waals surface area contributed by atoms with E-state index in [1.54, 1.807) is 0 Å². The third kappa shape index (κ3) is 3.65. The molecule has 3 aromatic rings. The van der Waals surface area contributed by atoms with E-state index in [1.165, 1.54) is 42.5 Å². The van der Waals surface area contributed by atoms with Crippen molar-refractivity contribution in [3.63, 3.8) is 0 Å². The van der Waals surface area contributed by atoms with Gasteiger partial charge in [0.15, 0.2) is 16.2 Å². The second kappa shape index (κ2) is 7.87. The predicted molar refractivity (Wildman–Crippen MR) is 114 cm³/mol. The van der Waals surface area contributed by atoms with Gasteiger partial charge in [-0.2, -0.15) is 8.42 Å². The molecule has 0 bridgehead atoms. The predicted octanol–water partition coefficient (Wildman–Crippen LogP) is 5.89. The van der Waals surface area contributed by atoms with Gasteiger partial charge in [-0.05, 0) is 29.8 Å². The van der Waals surface area contributed by atoms with Crippen molar-refractivity contribution in [2.75, 3.05) is 0 Å². The zero-order chi connectivity index (χ0) is 21.6. The first-order valence-electron chi connectivity index (χ1n) is 7.89. The maximum Gasteiger partial charge on any atom is 0.283 e. The van der Waals surface area contributed by atoms with Gasteiger partial charge in [0.2, 0.25) is 0 Å². The van der Waals surface area contributed by atoms with Crippen molar-refractivity contribution >= 4 is 56.5 Å². The third-order valence-corrected chi connectivity index (χ3v) is 7.14. The maximum absolute atomic E-state index is 13.0. The fourth-order valence-electron chi connectivity index (χ4n) is 3.20. The molecule has 0 aliphatic carbocycles. The smallest absolute Gasteiger partial charge is 0.283 e.